The van der Waals surface area contributed by atoms with Gasteiger partial charge < -0.3 is 25.1 Å². The van der Waals surface area contributed by atoms with Crippen molar-refractivity contribution in [1.82, 2.24) is 20.0 Å². The second kappa shape index (κ2) is 9.58. The molecule has 1 aromatic rings. The number of likely N-dealkylation sites (tertiary alicyclic amines) is 1. The fourth-order valence-electron chi connectivity index (χ4n) is 4.15. The summed E-state index contributed by atoms with van der Waals surface area (Å²) >= 11 is 0. The van der Waals surface area contributed by atoms with E-state index in [-0.39, 0.29) is 12.1 Å². The number of hydrogen-bond acceptors (Lipinski definition) is 5. The summed E-state index contributed by atoms with van der Waals surface area (Å²) in [5, 5.41) is 13.5. The quantitative estimate of drug-likeness (QED) is 0.754. The Balaban J connectivity index is 1.46. The lowest BCUT2D eigenvalue weighted by molar-refractivity contribution is 0.0512. The molecule has 0 saturated carbocycles. The van der Waals surface area contributed by atoms with E-state index in [9.17, 15) is 9.90 Å². The molecule has 1 aromatic carbocycles. The number of anilines is 1. The number of benzene rings is 1. The average Bonchev–Trinajstić information content (AvgIpc) is 3.07. The number of nitrogens with one attached hydrogen (secondary N) is 1. The number of piperazine rings is 1. The summed E-state index contributed by atoms with van der Waals surface area (Å²) in [6, 6.07) is 8.42. The molecule has 2 unspecified atom stereocenters. The maximum atomic E-state index is 12.6. The van der Waals surface area contributed by atoms with Crippen LogP contribution in [0.3, 0.4) is 0 Å². The molecule has 156 valence electrons. The molecule has 0 spiro atoms. The average molecular weight is 390 g/mol. The van der Waals surface area contributed by atoms with Crippen LogP contribution in [0.4, 0.5) is 10.5 Å². The molecular weight excluding hydrogens is 354 g/mol. The number of hydrogen-bond donors (Lipinski definition) is 2. The number of β-amino-alcohol motifs (C(OH)–C–C–N with tert-alkyl or cyclic N) is 1. The molecule has 7 nitrogen and oxygen atoms in total. The highest BCUT2D eigenvalue weighted by molar-refractivity contribution is 5.74. The van der Waals surface area contributed by atoms with Crippen molar-refractivity contribution in [2.45, 2.75) is 26.0 Å². The fraction of sp³-hybridized carbons (Fsp3) is 0.667. The number of aliphatic hydroxyl groups is 1. The summed E-state index contributed by atoms with van der Waals surface area (Å²) < 4.78 is 0. The van der Waals surface area contributed by atoms with Crippen LogP contribution in [0.5, 0.6) is 0 Å². The van der Waals surface area contributed by atoms with Gasteiger partial charge in [-0.25, -0.2) is 4.79 Å². The first kappa shape index (κ1) is 20.9. The molecule has 2 N–H and O–H groups in total. The van der Waals surface area contributed by atoms with Gasteiger partial charge in [0.15, 0.2) is 0 Å². The van der Waals surface area contributed by atoms with Gasteiger partial charge in [-0.3, -0.25) is 4.90 Å². The van der Waals surface area contributed by atoms with Crippen LogP contribution in [-0.4, -0.2) is 104 Å². The highest BCUT2D eigenvalue weighted by atomic mass is 16.3. The van der Waals surface area contributed by atoms with Crippen LogP contribution in [0.2, 0.25) is 0 Å². The lowest BCUT2D eigenvalue weighted by atomic mass is 10.1. The van der Waals surface area contributed by atoms with E-state index in [1.165, 1.54) is 11.3 Å². The van der Waals surface area contributed by atoms with Crippen molar-refractivity contribution < 1.29 is 9.90 Å². The second-order valence-electron chi connectivity index (χ2n) is 8.03. The number of urea groups is 1. The first-order valence-electron chi connectivity index (χ1n) is 10.4. The Bertz CT molecular complexity index is 647. The summed E-state index contributed by atoms with van der Waals surface area (Å²) in [6.45, 7) is 11.4. The van der Waals surface area contributed by atoms with E-state index in [1.807, 2.05) is 0 Å². The standard InChI is InChI=1S/C21H35N5O2/c1-4-24(18-7-5-6-17(2)14-18)9-8-22-21(28)26-15-19(20(27)16-26)25-12-10-23(3)11-13-25/h5-7,14,19-20,27H,4,8-13,15-16H2,1-3H3,(H,22,28). The molecule has 2 aliphatic heterocycles. The molecule has 2 saturated heterocycles. The van der Waals surface area contributed by atoms with Gasteiger partial charge in [0.1, 0.15) is 0 Å². The lowest BCUT2D eigenvalue weighted by Crippen LogP contribution is -2.53. The zero-order valence-corrected chi connectivity index (χ0v) is 17.5. The van der Waals surface area contributed by atoms with Gasteiger partial charge in [-0.2, -0.15) is 0 Å². The minimum atomic E-state index is -0.464. The molecule has 3 rings (SSSR count). The predicted molar refractivity (Wildman–Crippen MR) is 113 cm³/mol. The van der Waals surface area contributed by atoms with Crippen molar-refractivity contribution in [3.8, 4) is 0 Å². The number of carbonyl (C=O) groups excluding carboxylic acids is 1. The summed E-state index contributed by atoms with van der Waals surface area (Å²) in [6.07, 6.45) is -0.464. The van der Waals surface area contributed by atoms with Crippen LogP contribution in [0.15, 0.2) is 24.3 Å². The Labute approximate surface area is 168 Å². The van der Waals surface area contributed by atoms with E-state index >= 15 is 0 Å². The van der Waals surface area contributed by atoms with Crippen LogP contribution < -0.4 is 10.2 Å². The third-order valence-corrected chi connectivity index (χ3v) is 5.96. The van der Waals surface area contributed by atoms with Gasteiger partial charge in [0.2, 0.25) is 0 Å². The van der Waals surface area contributed by atoms with Crippen LogP contribution in [0, 0.1) is 6.92 Å². The molecule has 0 aromatic heterocycles. The molecule has 0 radical (unpaired) electrons. The molecule has 2 atom stereocenters. The Morgan fingerprint density at radius 1 is 1.25 bits per heavy atom. The normalized spacial score (nSPS) is 23.8. The van der Waals surface area contributed by atoms with E-state index in [2.05, 4.69) is 65.2 Å². The Hall–Kier alpha value is -1.83. The maximum Gasteiger partial charge on any atom is 0.317 e. The van der Waals surface area contributed by atoms with Gasteiger partial charge in [0.05, 0.1) is 12.1 Å². The lowest BCUT2D eigenvalue weighted by Gasteiger charge is -2.37. The van der Waals surface area contributed by atoms with Crippen molar-refractivity contribution in [3.63, 3.8) is 0 Å². The second-order valence-corrected chi connectivity index (χ2v) is 8.03. The van der Waals surface area contributed by atoms with Gasteiger partial charge in [0.25, 0.3) is 0 Å². The molecule has 2 aliphatic rings. The number of nitrogens with zero attached hydrogens (tertiary/aromatic N) is 4. The Morgan fingerprint density at radius 2 is 2.00 bits per heavy atom. The predicted octanol–water partition coefficient (Wildman–Crippen LogP) is 0.823. The molecule has 0 aliphatic carbocycles. The van der Waals surface area contributed by atoms with E-state index < -0.39 is 6.10 Å². The Morgan fingerprint density at radius 3 is 2.68 bits per heavy atom. The van der Waals surface area contributed by atoms with Crippen molar-refractivity contribution in [1.29, 1.82) is 0 Å². The zero-order chi connectivity index (χ0) is 20.1. The minimum absolute atomic E-state index is 0.0545. The zero-order valence-electron chi connectivity index (χ0n) is 17.5. The first-order chi connectivity index (χ1) is 13.5. The number of carbonyl (C=O) groups is 1. The summed E-state index contributed by atoms with van der Waals surface area (Å²) in [5.74, 6) is 0. The third-order valence-electron chi connectivity index (χ3n) is 5.96. The van der Waals surface area contributed by atoms with Crippen LogP contribution in [0.1, 0.15) is 12.5 Å². The van der Waals surface area contributed by atoms with Gasteiger partial charge in [-0.1, -0.05) is 12.1 Å². The largest absolute Gasteiger partial charge is 0.390 e. The molecule has 2 heterocycles. The van der Waals surface area contributed by atoms with Crippen LogP contribution >= 0.6 is 0 Å². The smallest absolute Gasteiger partial charge is 0.317 e. The van der Waals surface area contributed by atoms with Crippen molar-refractivity contribution in [2.24, 2.45) is 0 Å². The van der Waals surface area contributed by atoms with E-state index in [1.54, 1.807) is 4.90 Å². The monoisotopic (exact) mass is 389 g/mol. The van der Waals surface area contributed by atoms with Gasteiger partial charge in [0, 0.05) is 64.6 Å². The molecule has 2 fully saturated rings. The highest BCUT2D eigenvalue weighted by Gasteiger charge is 2.38. The fourth-order valence-corrected chi connectivity index (χ4v) is 4.15. The molecular formula is C21H35N5O2. The summed E-state index contributed by atoms with van der Waals surface area (Å²) in [4.78, 5) is 21.2. The van der Waals surface area contributed by atoms with Gasteiger partial charge in [-0.15, -0.1) is 0 Å². The number of rotatable bonds is 6. The SMILES string of the molecule is CCN(CCNC(=O)N1CC(O)C(N2CCN(C)CC2)C1)c1cccc(C)c1. The van der Waals surface area contributed by atoms with Gasteiger partial charge in [-0.05, 0) is 38.6 Å². The van der Waals surface area contributed by atoms with E-state index in [0.29, 0.717) is 19.6 Å². The van der Waals surface area contributed by atoms with Crippen LogP contribution in [0.25, 0.3) is 0 Å². The van der Waals surface area contributed by atoms with Gasteiger partial charge >= 0.3 is 6.03 Å². The number of amides is 2. The molecule has 7 heteroatoms. The number of likely N-dealkylation sites (N-methyl/N-ethyl adjacent to an activating group) is 2. The van der Waals surface area contributed by atoms with E-state index in [4.69, 9.17) is 0 Å². The molecule has 2 amide bonds. The number of aliphatic hydroxyl groups excluding tert-OH is 1. The summed E-state index contributed by atoms with van der Waals surface area (Å²) in [7, 11) is 2.12. The maximum absolute atomic E-state index is 12.6. The first-order valence-corrected chi connectivity index (χ1v) is 10.4. The number of aryl methyl sites for hydroxylation is 1. The van der Waals surface area contributed by atoms with E-state index in [0.717, 1.165) is 39.3 Å². The topological polar surface area (TPSA) is 62.3 Å². The van der Waals surface area contributed by atoms with Crippen molar-refractivity contribution >= 4 is 11.7 Å². The minimum Gasteiger partial charge on any atom is -0.390 e. The molecule has 0 bridgehead atoms. The van der Waals surface area contributed by atoms with Crippen molar-refractivity contribution in [3.05, 3.63) is 29.8 Å². The Kier molecular flexibility index (Phi) is 7.15. The van der Waals surface area contributed by atoms with Crippen LogP contribution in [-0.2, 0) is 0 Å². The van der Waals surface area contributed by atoms with Crippen molar-refractivity contribution in [2.75, 3.05) is 70.9 Å². The highest BCUT2D eigenvalue weighted by Crippen LogP contribution is 2.18. The summed E-state index contributed by atoms with van der Waals surface area (Å²) in [5.41, 5.74) is 2.42. The third kappa shape index (κ3) is 5.16. The molecule has 28 heavy (non-hydrogen) atoms.